The number of pyridine rings is 2. The van der Waals surface area contributed by atoms with Crippen LogP contribution in [0, 0.1) is 29.0 Å². The van der Waals surface area contributed by atoms with E-state index in [2.05, 4.69) is 17.6 Å². The Morgan fingerprint density at radius 2 is 1.84 bits per heavy atom. The van der Waals surface area contributed by atoms with Crippen molar-refractivity contribution < 1.29 is 9.18 Å². The van der Waals surface area contributed by atoms with Crippen LogP contribution in [0.4, 0.5) is 15.8 Å². The molecule has 45 heavy (non-hydrogen) atoms. The van der Waals surface area contributed by atoms with Crippen molar-refractivity contribution in [1.29, 1.82) is 5.26 Å². The van der Waals surface area contributed by atoms with Gasteiger partial charge < -0.3 is 15.5 Å². The molecule has 4 heterocycles. The van der Waals surface area contributed by atoms with Crippen LogP contribution in [-0.2, 0) is 4.79 Å². The summed E-state index contributed by atoms with van der Waals surface area (Å²) in [6.07, 6.45) is 4.79. The summed E-state index contributed by atoms with van der Waals surface area (Å²) in [6.45, 7) is 10.7. The molecule has 0 radical (unpaired) electrons. The molecule has 2 aliphatic heterocycles. The van der Waals surface area contributed by atoms with E-state index in [4.69, 9.17) is 57.1 Å². The minimum atomic E-state index is -0.987. The lowest BCUT2D eigenvalue weighted by molar-refractivity contribution is -0.126. The first kappa shape index (κ1) is 32.8. The molecule has 234 valence electrons. The lowest BCUT2D eigenvalue weighted by Crippen LogP contribution is -2.49. The zero-order valence-corrected chi connectivity index (χ0v) is 27.6. The number of anilines is 2. The topological polar surface area (TPSA) is 121 Å². The Kier molecular flexibility index (Phi) is 9.20. The van der Waals surface area contributed by atoms with E-state index in [0.717, 1.165) is 0 Å². The molecule has 2 aliphatic rings. The highest BCUT2D eigenvalue weighted by Gasteiger charge is 2.35. The van der Waals surface area contributed by atoms with Crippen LogP contribution in [0.3, 0.4) is 0 Å². The highest BCUT2D eigenvalue weighted by Crippen LogP contribution is 2.46. The number of aliphatic imine (C=N–C) groups is 1. The molecule has 1 aromatic carbocycles. The molecule has 0 aliphatic carbocycles. The molecule has 1 fully saturated rings. The number of allylic oxidation sites excluding steroid dienone is 1. The maximum atomic E-state index is 15.7. The van der Waals surface area contributed by atoms with Crippen LogP contribution in [0.15, 0.2) is 40.8 Å². The van der Waals surface area contributed by atoms with Gasteiger partial charge in [-0.2, -0.15) is 5.26 Å². The van der Waals surface area contributed by atoms with E-state index in [0.29, 0.717) is 43.0 Å². The number of amides is 1. The molecular weight excluding hydrogens is 663 g/mol. The Morgan fingerprint density at radius 1 is 1.18 bits per heavy atom. The second kappa shape index (κ2) is 12.6. The normalized spacial score (nSPS) is 18.4. The average Bonchev–Trinajstić information content (AvgIpc) is 3.02. The van der Waals surface area contributed by atoms with Crippen LogP contribution in [-0.4, -0.2) is 52.2 Å². The third kappa shape index (κ3) is 5.46. The molecule has 5 rings (SSSR count). The largest absolute Gasteiger partial charge is 0.396 e. The molecule has 0 saturated carbocycles. The monoisotopic (exact) mass is 689 g/mol. The highest BCUT2D eigenvalue weighted by atomic mass is 35.5. The lowest BCUT2D eigenvalue weighted by atomic mass is 9.88. The van der Waals surface area contributed by atoms with Crippen molar-refractivity contribution in [2.75, 3.05) is 36.8 Å². The average molecular weight is 691 g/mol. The molecule has 3 aromatic rings. The number of nitrogens with two attached hydrogens (primary N) is 1. The van der Waals surface area contributed by atoms with Gasteiger partial charge in [0.2, 0.25) is 5.91 Å². The first-order chi connectivity index (χ1) is 21.3. The van der Waals surface area contributed by atoms with Gasteiger partial charge in [-0.05, 0) is 18.1 Å². The number of aromatic nitrogens is 2. The smallest absolute Gasteiger partial charge is 0.272 e. The number of rotatable bonds is 5. The van der Waals surface area contributed by atoms with Gasteiger partial charge in [0.25, 0.3) is 5.56 Å². The molecule has 1 unspecified atom stereocenters. The predicted molar refractivity (Wildman–Crippen MR) is 179 cm³/mol. The second-order valence-electron chi connectivity index (χ2n) is 11.1. The van der Waals surface area contributed by atoms with Gasteiger partial charge in [-0.25, -0.2) is 9.37 Å². The molecule has 0 bridgehead atoms. The van der Waals surface area contributed by atoms with Gasteiger partial charge in [-0.1, -0.05) is 79.8 Å². The number of carbonyl (C=O) groups excluding carboxylic acids is 1. The summed E-state index contributed by atoms with van der Waals surface area (Å²) in [4.78, 5) is 39.6. The number of hydrogen-bond donors (Lipinski definition) is 1. The maximum Gasteiger partial charge on any atom is 0.272 e. The van der Waals surface area contributed by atoms with E-state index in [1.165, 1.54) is 16.7 Å². The van der Waals surface area contributed by atoms with Gasteiger partial charge in [0.1, 0.15) is 17.3 Å². The molecular formula is C31H28Cl4FN7O2. The lowest BCUT2D eigenvalue weighted by Gasteiger charge is -2.37. The quantitative estimate of drug-likeness (QED) is 0.135. The first-order valence-corrected chi connectivity index (χ1v) is 15.6. The van der Waals surface area contributed by atoms with Crippen LogP contribution in [0.5, 0.6) is 0 Å². The van der Waals surface area contributed by atoms with Crippen molar-refractivity contribution in [2.45, 2.75) is 26.8 Å². The van der Waals surface area contributed by atoms with Crippen molar-refractivity contribution in [3.05, 3.63) is 72.8 Å². The zero-order chi connectivity index (χ0) is 32.9. The third-order valence-electron chi connectivity index (χ3n) is 8.12. The number of nitriles is 1. The molecule has 9 nitrogen and oxygen atoms in total. The van der Waals surface area contributed by atoms with E-state index >= 15 is 4.39 Å². The Bertz CT molecular complexity index is 1900. The van der Waals surface area contributed by atoms with Crippen LogP contribution < -0.4 is 16.2 Å². The van der Waals surface area contributed by atoms with E-state index in [-0.39, 0.29) is 61.0 Å². The first-order valence-electron chi connectivity index (χ1n) is 14.0. The summed E-state index contributed by atoms with van der Waals surface area (Å²) in [5.74, 6) is -1.50. The molecule has 1 amide bonds. The SMILES string of the molecule is C=CC(=O)N1CCN(c2c(C#N)c(=O)n(C3C(C(C)C)=NC=C[C@H]3C)c3nc(-c4c(F)c(Cl)c(Cl)c(N)c4Cl)c(Cl)cc23)CC1. The van der Waals surface area contributed by atoms with Crippen LogP contribution in [0.25, 0.3) is 22.3 Å². The van der Waals surface area contributed by atoms with Crippen molar-refractivity contribution in [3.63, 3.8) is 0 Å². The second-order valence-corrected chi connectivity index (χ2v) is 12.7. The molecule has 2 atom stereocenters. The summed E-state index contributed by atoms with van der Waals surface area (Å²) >= 11 is 25.6. The van der Waals surface area contributed by atoms with Crippen LogP contribution >= 0.6 is 46.4 Å². The van der Waals surface area contributed by atoms with Crippen molar-refractivity contribution in [3.8, 4) is 17.3 Å². The third-order valence-corrected chi connectivity index (χ3v) is 9.65. The zero-order valence-electron chi connectivity index (χ0n) is 24.5. The van der Waals surface area contributed by atoms with Crippen LogP contribution in [0.2, 0.25) is 20.1 Å². The van der Waals surface area contributed by atoms with Gasteiger partial charge in [-0.3, -0.25) is 19.1 Å². The number of fused-ring (bicyclic) bond motifs is 1. The predicted octanol–water partition coefficient (Wildman–Crippen LogP) is 6.91. The fourth-order valence-electron chi connectivity index (χ4n) is 5.87. The van der Waals surface area contributed by atoms with Crippen molar-refractivity contribution in [2.24, 2.45) is 16.8 Å². The van der Waals surface area contributed by atoms with Crippen molar-refractivity contribution >= 4 is 80.4 Å². The number of nitrogen functional groups attached to an aromatic ring is 1. The van der Waals surface area contributed by atoms with Gasteiger partial charge in [-0.15, -0.1) is 0 Å². The standard InChI is InChI=1S/C31H28Cl4FN7O2/c1-5-19(44)41-8-10-42(11-9-41)29-16-12-18(32)27(20-21(33)25(38)23(35)22(34)24(20)36)40-30(16)43(31(45)17(29)13-37)28-15(4)6-7-39-26(28)14(2)3/h5-7,12,14-15,28H,1,8-11,38H2,2-4H3/t15-,28?/m1/s1. The maximum absolute atomic E-state index is 15.7. The molecule has 0 spiro atoms. The van der Waals surface area contributed by atoms with Gasteiger partial charge >= 0.3 is 0 Å². The summed E-state index contributed by atoms with van der Waals surface area (Å²) in [7, 11) is 0. The fourth-order valence-corrected chi connectivity index (χ4v) is 6.80. The summed E-state index contributed by atoms with van der Waals surface area (Å²) in [5, 5.41) is 9.79. The molecule has 14 heteroatoms. The van der Waals surface area contributed by atoms with Gasteiger partial charge in [0.15, 0.2) is 5.82 Å². The minimum Gasteiger partial charge on any atom is -0.396 e. The van der Waals surface area contributed by atoms with E-state index in [1.54, 1.807) is 11.1 Å². The number of halogens is 5. The number of nitrogens with zero attached hydrogens (tertiary/aromatic N) is 6. The van der Waals surface area contributed by atoms with Gasteiger partial charge in [0.05, 0.1) is 48.8 Å². The summed E-state index contributed by atoms with van der Waals surface area (Å²) < 4.78 is 17.1. The summed E-state index contributed by atoms with van der Waals surface area (Å²) in [6, 6.07) is 3.01. The number of hydrogen-bond acceptors (Lipinski definition) is 7. The van der Waals surface area contributed by atoms with Crippen LogP contribution in [0.1, 0.15) is 32.4 Å². The van der Waals surface area contributed by atoms with Crippen molar-refractivity contribution in [1.82, 2.24) is 14.5 Å². The number of benzene rings is 1. The van der Waals surface area contributed by atoms with E-state index < -0.39 is 22.4 Å². The highest BCUT2D eigenvalue weighted by molar-refractivity contribution is 6.47. The Hall–Kier alpha value is -3.62. The minimum absolute atomic E-state index is 0.0359. The van der Waals surface area contributed by atoms with E-state index in [9.17, 15) is 14.9 Å². The Balaban J connectivity index is 1.88. The Labute approximate surface area is 278 Å². The molecule has 1 saturated heterocycles. The van der Waals surface area contributed by atoms with Gasteiger partial charge in [0, 0.05) is 49.4 Å². The fraction of sp³-hybridized carbons (Fsp3) is 0.323. The molecule has 2 N–H and O–H groups in total. The molecule has 2 aromatic heterocycles. The Morgan fingerprint density at radius 3 is 2.44 bits per heavy atom. The van der Waals surface area contributed by atoms with E-state index in [1.807, 2.05) is 31.7 Å². The summed E-state index contributed by atoms with van der Waals surface area (Å²) in [5.41, 5.74) is 5.89. The number of piperazine rings is 1. The number of carbonyl (C=O) groups is 1.